The lowest BCUT2D eigenvalue weighted by molar-refractivity contribution is 0.0498. The van der Waals surface area contributed by atoms with Crippen LogP contribution in [0.25, 0.3) is 0 Å². The molecule has 1 saturated carbocycles. The second-order valence-electron chi connectivity index (χ2n) is 7.18. The van der Waals surface area contributed by atoms with Gasteiger partial charge in [0.2, 0.25) is 0 Å². The van der Waals surface area contributed by atoms with Crippen molar-refractivity contribution in [2.45, 2.75) is 64.3 Å². The van der Waals surface area contributed by atoms with Gasteiger partial charge < -0.3 is 25.2 Å². The van der Waals surface area contributed by atoms with E-state index in [0.717, 1.165) is 24.8 Å². The summed E-state index contributed by atoms with van der Waals surface area (Å²) < 4.78 is 10.4. The number of ether oxygens (including phenoxy) is 2. The Balaban J connectivity index is 1.87. The van der Waals surface area contributed by atoms with E-state index in [1.54, 1.807) is 12.1 Å². The van der Waals surface area contributed by atoms with Gasteiger partial charge in [-0.25, -0.2) is 4.79 Å². The number of hydrogen-bond acceptors (Lipinski definition) is 5. The molecule has 1 aliphatic carbocycles. The van der Waals surface area contributed by atoms with Gasteiger partial charge in [0.15, 0.2) is 11.5 Å². The number of carbonyl (C=O) groups is 1. The number of carbonyl (C=O) groups excluding carboxylic acids is 1. The SMILES string of the molecule is COc1ccc(CNC2CCCC2NC(=O)OC(C)(C)C)cc1O. The van der Waals surface area contributed by atoms with Crippen molar-refractivity contribution < 1.29 is 19.4 Å². The quantitative estimate of drug-likeness (QED) is 0.770. The third-order valence-electron chi connectivity index (χ3n) is 4.03. The minimum absolute atomic E-state index is 0.0618. The molecule has 2 rings (SSSR count). The molecule has 2 unspecified atom stereocenters. The summed E-state index contributed by atoms with van der Waals surface area (Å²) in [6, 6.07) is 5.61. The molecule has 1 amide bonds. The first kappa shape index (κ1) is 18.4. The first-order chi connectivity index (χ1) is 11.3. The number of alkyl carbamates (subject to hydrolysis) is 1. The molecule has 24 heavy (non-hydrogen) atoms. The fourth-order valence-corrected chi connectivity index (χ4v) is 2.93. The van der Waals surface area contributed by atoms with E-state index in [4.69, 9.17) is 9.47 Å². The molecule has 6 heteroatoms. The Hall–Kier alpha value is -1.95. The lowest BCUT2D eigenvalue weighted by Gasteiger charge is -2.25. The van der Waals surface area contributed by atoms with Gasteiger partial charge in [-0.1, -0.05) is 6.07 Å². The van der Waals surface area contributed by atoms with Crippen molar-refractivity contribution in [1.29, 1.82) is 0 Å². The maximum absolute atomic E-state index is 11.9. The van der Waals surface area contributed by atoms with E-state index in [0.29, 0.717) is 12.3 Å². The molecule has 0 saturated heterocycles. The van der Waals surface area contributed by atoms with Crippen molar-refractivity contribution in [2.75, 3.05) is 7.11 Å². The standard InChI is InChI=1S/C18H28N2O4/c1-18(2,3)24-17(22)20-14-7-5-6-13(14)19-11-12-8-9-16(23-4)15(21)10-12/h8-10,13-14,19,21H,5-7,11H2,1-4H3,(H,20,22). The highest BCUT2D eigenvalue weighted by molar-refractivity contribution is 5.68. The van der Waals surface area contributed by atoms with Crippen LogP contribution < -0.4 is 15.4 Å². The Bertz CT molecular complexity index is 569. The first-order valence-corrected chi connectivity index (χ1v) is 8.37. The van der Waals surface area contributed by atoms with Crippen LogP contribution in [0.2, 0.25) is 0 Å². The molecule has 3 N–H and O–H groups in total. The number of hydrogen-bond donors (Lipinski definition) is 3. The molecule has 0 aliphatic heterocycles. The van der Waals surface area contributed by atoms with E-state index in [1.165, 1.54) is 7.11 Å². The van der Waals surface area contributed by atoms with Crippen LogP contribution in [0.15, 0.2) is 18.2 Å². The van der Waals surface area contributed by atoms with Gasteiger partial charge in [-0.2, -0.15) is 0 Å². The largest absolute Gasteiger partial charge is 0.504 e. The third-order valence-corrected chi connectivity index (χ3v) is 4.03. The van der Waals surface area contributed by atoms with Gasteiger partial charge in [0.05, 0.1) is 7.11 Å². The van der Waals surface area contributed by atoms with Gasteiger partial charge in [-0.15, -0.1) is 0 Å². The molecule has 0 bridgehead atoms. The Morgan fingerprint density at radius 2 is 2.00 bits per heavy atom. The highest BCUT2D eigenvalue weighted by Gasteiger charge is 2.29. The number of benzene rings is 1. The van der Waals surface area contributed by atoms with Crippen LogP contribution >= 0.6 is 0 Å². The molecule has 1 aromatic rings. The van der Waals surface area contributed by atoms with Crippen LogP contribution in [0.4, 0.5) is 4.79 Å². The number of nitrogens with one attached hydrogen (secondary N) is 2. The van der Waals surface area contributed by atoms with Crippen molar-refractivity contribution in [1.82, 2.24) is 10.6 Å². The van der Waals surface area contributed by atoms with Gasteiger partial charge in [0.25, 0.3) is 0 Å². The molecule has 1 fully saturated rings. The fraction of sp³-hybridized carbons (Fsp3) is 0.611. The normalized spacial score (nSPS) is 20.7. The summed E-state index contributed by atoms with van der Waals surface area (Å²) >= 11 is 0. The van der Waals surface area contributed by atoms with Crippen molar-refractivity contribution in [3.63, 3.8) is 0 Å². The highest BCUT2D eigenvalue weighted by Crippen LogP contribution is 2.26. The van der Waals surface area contributed by atoms with Crippen molar-refractivity contribution >= 4 is 6.09 Å². The average Bonchev–Trinajstić information content (AvgIpc) is 2.90. The van der Waals surface area contributed by atoms with E-state index in [-0.39, 0.29) is 23.9 Å². The van der Waals surface area contributed by atoms with E-state index in [9.17, 15) is 9.90 Å². The summed E-state index contributed by atoms with van der Waals surface area (Å²) in [7, 11) is 1.53. The summed E-state index contributed by atoms with van der Waals surface area (Å²) in [5.41, 5.74) is 0.475. The Morgan fingerprint density at radius 3 is 2.62 bits per heavy atom. The molecule has 0 spiro atoms. The van der Waals surface area contributed by atoms with Crippen molar-refractivity contribution in [3.8, 4) is 11.5 Å². The van der Waals surface area contributed by atoms with Crippen LogP contribution in [-0.2, 0) is 11.3 Å². The van der Waals surface area contributed by atoms with Gasteiger partial charge in [0.1, 0.15) is 5.60 Å². The van der Waals surface area contributed by atoms with Crippen LogP contribution in [0.5, 0.6) is 11.5 Å². The van der Waals surface area contributed by atoms with Crippen LogP contribution in [0, 0.1) is 0 Å². The number of phenols is 1. The summed E-state index contributed by atoms with van der Waals surface area (Å²) in [6.45, 7) is 6.18. The lowest BCUT2D eigenvalue weighted by atomic mass is 10.1. The van der Waals surface area contributed by atoms with Crippen LogP contribution in [0.1, 0.15) is 45.6 Å². The summed E-state index contributed by atoms with van der Waals surface area (Å²) in [6.07, 6.45) is 2.63. The maximum Gasteiger partial charge on any atom is 0.407 e. The van der Waals surface area contributed by atoms with Crippen LogP contribution in [-0.4, -0.2) is 36.0 Å². The smallest absolute Gasteiger partial charge is 0.407 e. The van der Waals surface area contributed by atoms with Crippen molar-refractivity contribution in [3.05, 3.63) is 23.8 Å². The Labute approximate surface area is 143 Å². The molecule has 2 atom stereocenters. The predicted molar refractivity (Wildman–Crippen MR) is 92.3 cm³/mol. The monoisotopic (exact) mass is 336 g/mol. The summed E-state index contributed by atoms with van der Waals surface area (Å²) in [5.74, 6) is 0.593. The van der Waals surface area contributed by atoms with E-state index in [2.05, 4.69) is 10.6 Å². The zero-order chi connectivity index (χ0) is 17.7. The number of phenolic OH excluding ortho intramolecular Hbond substituents is 1. The summed E-state index contributed by atoms with van der Waals surface area (Å²) in [5, 5.41) is 16.3. The zero-order valence-electron chi connectivity index (χ0n) is 14.9. The number of methoxy groups -OCH3 is 1. The minimum Gasteiger partial charge on any atom is -0.504 e. The first-order valence-electron chi connectivity index (χ1n) is 8.37. The molecule has 0 heterocycles. The van der Waals surface area contributed by atoms with E-state index in [1.807, 2.05) is 26.8 Å². The Morgan fingerprint density at radius 1 is 1.29 bits per heavy atom. The molecular weight excluding hydrogens is 308 g/mol. The molecule has 0 radical (unpaired) electrons. The predicted octanol–water partition coefficient (Wildman–Crippen LogP) is 2.94. The van der Waals surface area contributed by atoms with Crippen molar-refractivity contribution in [2.24, 2.45) is 0 Å². The molecule has 6 nitrogen and oxygen atoms in total. The highest BCUT2D eigenvalue weighted by atomic mass is 16.6. The van der Waals surface area contributed by atoms with E-state index < -0.39 is 5.60 Å². The fourth-order valence-electron chi connectivity index (χ4n) is 2.93. The topological polar surface area (TPSA) is 79.8 Å². The van der Waals surface area contributed by atoms with E-state index >= 15 is 0 Å². The molecule has 1 aliphatic rings. The van der Waals surface area contributed by atoms with Crippen LogP contribution in [0.3, 0.4) is 0 Å². The summed E-state index contributed by atoms with van der Waals surface area (Å²) in [4.78, 5) is 11.9. The zero-order valence-corrected chi connectivity index (χ0v) is 14.9. The van der Waals surface area contributed by atoms with Gasteiger partial charge in [-0.05, 0) is 57.7 Å². The van der Waals surface area contributed by atoms with Gasteiger partial charge in [0, 0.05) is 18.6 Å². The molecule has 134 valence electrons. The average molecular weight is 336 g/mol. The third kappa shape index (κ3) is 5.30. The number of rotatable bonds is 5. The van der Waals surface area contributed by atoms with Gasteiger partial charge in [-0.3, -0.25) is 0 Å². The second-order valence-corrected chi connectivity index (χ2v) is 7.18. The number of aromatic hydroxyl groups is 1. The number of amides is 1. The molecule has 1 aromatic carbocycles. The molecule has 0 aromatic heterocycles. The minimum atomic E-state index is -0.494. The Kier molecular flexibility index (Phi) is 5.94. The second kappa shape index (κ2) is 7.75. The lowest BCUT2D eigenvalue weighted by Crippen LogP contribution is -2.47. The van der Waals surface area contributed by atoms with Gasteiger partial charge >= 0.3 is 6.09 Å². The maximum atomic E-state index is 11.9. The molecular formula is C18H28N2O4.